The van der Waals surface area contributed by atoms with Gasteiger partial charge in [-0.1, -0.05) is 93.6 Å². The summed E-state index contributed by atoms with van der Waals surface area (Å²) in [6.07, 6.45) is 3.25. The number of rotatable bonds is 6. The summed E-state index contributed by atoms with van der Waals surface area (Å²) in [4.78, 5) is 4.22. The van der Waals surface area contributed by atoms with Crippen LogP contribution in [-0.2, 0) is 11.0 Å². The van der Waals surface area contributed by atoms with Crippen molar-refractivity contribution in [3.05, 3.63) is 103 Å². The number of oxazole rings is 1. The Morgan fingerprint density at radius 2 is 1.37 bits per heavy atom. The lowest BCUT2D eigenvalue weighted by Crippen LogP contribution is -2.66. The van der Waals surface area contributed by atoms with Crippen molar-refractivity contribution in [3.8, 4) is 11.5 Å². The molecule has 0 aliphatic carbocycles. The zero-order valence-electron chi connectivity index (χ0n) is 17.7. The first-order valence-electron chi connectivity index (χ1n) is 10.2. The third-order valence-corrected chi connectivity index (χ3v) is 10.5. The van der Waals surface area contributed by atoms with Gasteiger partial charge in [0, 0.05) is 5.56 Å². The van der Waals surface area contributed by atoms with Gasteiger partial charge in [0.15, 0.2) is 0 Å². The molecule has 3 nitrogen and oxygen atoms in total. The molecule has 0 bridgehead atoms. The van der Waals surface area contributed by atoms with Gasteiger partial charge in [0.05, 0.1) is 12.8 Å². The van der Waals surface area contributed by atoms with Crippen LogP contribution < -0.4 is 10.4 Å². The van der Waals surface area contributed by atoms with Gasteiger partial charge in [0.25, 0.3) is 8.32 Å². The van der Waals surface area contributed by atoms with Crippen LogP contribution >= 0.6 is 0 Å². The van der Waals surface area contributed by atoms with Crippen molar-refractivity contribution in [1.82, 2.24) is 4.98 Å². The third-order valence-electron chi connectivity index (χ3n) is 5.51. The van der Waals surface area contributed by atoms with Crippen molar-refractivity contribution in [2.45, 2.75) is 32.4 Å². The van der Waals surface area contributed by atoms with Gasteiger partial charge in [0.1, 0.15) is 6.26 Å². The largest absolute Gasteiger partial charge is 0.445 e. The summed E-state index contributed by atoms with van der Waals surface area (Å²) in [6, 6.07) is 29.7. The maximum Gasteiger partial charge on any atom is 0.261 e. The highest BCUT2D eigenvalue weighted by Crippen LogP contribution is 2.37. The van der Waals surface area contributed by atoms with Crippen LogP contribution in [0.1, 0.15) is 26.3 Å². The summed E-state index contributed by atoms with van der Waals surface area (Å²) in [5, 5.41) is 2.55. The van der Waals surface area contributed by atoms with Gasteiger partial charge in [-0.25, -0.2) is 4.98 Å². The van der Waals surface area contributed by atoms with E-state index in [1.165, 1.54) is 10.4 Å². The van der Waals surface area contributed by atoms with Gasteiger partial charge in [-0.2, -0.15) is 0 Å². The maximum atomic E-state index is 6.98. The Morgan fingerprint density at radius 1 is 0.800 bits per heavy atom. The van der Waals surface area contributed by atoms with Crippen LogP contribution in [0.2, 0.25) is 5.04 Å². The Bertz CT molecular complexity index is 1010. The minimum Gasteiger partial charge on any atom is -0.445 e. The number of nitrogens with zero attached hydrogens (tertiary/aromatic N) is 1. The molecule has 0 atom stereocenters. The summed E-state index contributed by atoms with van der Waals surface area (Å²) in [6.45, 7) is 7.44. The van der Waals surface area contributed by atoms with E-state index in [0.29, 0.717) is 12.5 Å². The first-order valence-corrected chi connectivity index (χ1v) is 12.2. The topological polar surface area (TPSA) is 35.3 Å². The van der Waals surface area contributed by atoms with E-state index in [1.54, 1.807) is 12.5 Å². The Kier molecular flexibility index (Phi) is 5.71. The van der Waals surface area contributed by atoms with E-state index < -0.39 is 8.32 Å². The monoisotopic (exact) mass is 413 g/mol. The van der Waals surface area contributed by atoms with Crippen molar-refractivity contribution >= 4 is 18.7 Å². The molecule has 0 spiro atoms. The summed E-state index contributed by atoms with van der Waals surface area (Å²) in [7, 11) is -2.53. The molecule has 0 aliphatic heterocycles. The van der Waals surface area contributed by atoms with Crippen LogP contribution in [0.5, 0.6) is 0 Å². The highest BCUT2D eigenvalue weighted by atomic mass is 28.4. The molecule has 0 saturated carbocycles. The van der Waals surface area contributed by atoms with Crippen LogP contribution in [0.25, 0.3) is 11.5 Å². The highest BCUT2D eigenvalue weighted by molar-refractivity contribution is 6.99. The van der Waals surface area contributed by atoms with Gasteiger partial charge in [0.2, 0.25) is 5.89 Å². The Labute approximate surface area is 179 Å². The van der Waals surface area contributed by atoms with Gasteiger partial charge in [-0.05, 0) is 33.1 Å². The van der Waals surface area contributed by atoms with Gasteiger partial charge in [-0.3, -0.25) is 0 Å². The minimum atomic E-state index is -2.53. The van der Waals surface area contributed by atoms with Crippen molar-refractivity contribution in [3.63, 3.8) is 0 Å². The van der Waals surface area contributed by atoms with E-state index in [0.717, 1.165) is 11.1 Å². The molecule has 30 heavy (non-hydrogen) atoms. The van der Waals surface area contributed by atoms with E-state index in [-0.39, 0.29) is 5.04 Å². The summed E-state index contributed by atoms with van der Waals surface area (Å²) in [5.74, 6) is 0.634. The lowest BCUT2D eigenvalue weighted by atomic mass is 10.1. The number of hydrogen-bond acceptors (Lipinski definition) is 3. The van der Waals surface area contributed by atoms with Crippen molar-refractivity contribution in [2.24, 2.45) is 0 Å². The van der Waals surface area contributed by atoms with Gasteiger partial charge < -0.3 is 8.84 Å². The predicted molar refractivity (Wildman–Crippen MR) is 124 cm³/mol. The normalized spacial score (nSPS) is 12.1. The van der Waals surface area contributed by atoms with Crippen molar-refractivity contribution in [1.29, 1.82) is 0 Å². The molecule has 3 aromatic carbocycles. The molecule has 0 radical (unpaired) electrons. The fourth-order valence-corrected chi connectivity index (χ4v) is 8.60. The summed E-state index contributed by atoms with van der Waals surface area (Å²) >= 11 is 0. The molecular weight excluding hydrogens is 386 g/mol. The van der Waals surface area contributed by atoms with E-state index in [2.05, 4.69) is 98.6 Å². The number of hydrogen-bond donors (Lipinski definition) is 0. The molecule has 0 fully saturated rings. The molecule has 4 rings (SSSR count). The fourth-order valence-electron chi connectivity index (χ4n) is 4.06. The second-order valence-electron chi connectivity index (χ2n) is 8.49. The Hall–Kier alpha value is -2.95. The van der Waals surface area contributed by atoms with E-state index in [9.17, 15) is 0 Å². The molecule has 0 aliphatic rings. The van der Waals surface area contributed by atoms with Crippen LogP contribution in [-0.4, -0.2) is 13.3 Å². The smallest absolute Gasteiger partial charge is 0.261 e. The zero-order chi connectivity index (χ0) is 21.0. The second-order valence-corrected chi connectivity index (χ2v) is 12.8. The molecule has 0 unspecified atom stereocenters. The van der Waals surface area contributed by atoms with E-state index in [1.807, 2.05) is 12.1 Å². The Balaban J connectivity index is 1.70. The first kappa shape index (κ1) is 20.3. The number of aromatic nitrogens is 1. The first-order chi connectivity index (χ1) is 14.5. The third kappa shape index (κ3) is 3.89. The Morgan fingerprint density at radius 3 is 1.83 bits per heavy atom. The molecule has 152 valence electrons. The molecule has 4 aromatic rings. The quantitative estimate of drug-likeness (QED) is 0.396. The average molecular weight is 414 g/mol. The number of benzene rings is 3. The standard InChI is InChI=1S/C26H27NO2Si/c1-26(2,3)30(23-10-6-4-7-11-23,24-12-8-5-9-13-24)29-20-21-14-16-22(17-15-21)25-27-18-19-28-25/h4-19H,20H2,1-3H3. The minimum absolute atomic E-state index is 0.0340. The lowest BCUT2D eigenvalue weighted by Gasteiger charge is -2.43. The maximum absolute atomic E-state index is 6.98. The molecule has 1 aromatic heterocycles. The molecule has 0 N–H and O–H groups in total. The second kappa shape index (κ2) is 8.42. The van der Waals surface area contributed by atoms with Crippen LogP contribution in [0.15, 0.2) is 102 Å². The van der Waals surface area contributed by atoms with Crippen LogP contribution in [0, 0.1) is 0 Å². The van der Waals surface area contributed by atoms with E-state index in [4.69, 9.17) is 8.84 Å². The SMILES string of the molecule is CC(C)(C)[Si](OCc1ccc(-c2ncco2)cc1)(c1ccccc1)c1ccccc1. The molecular formula is C26H27NO2Si. The van der Waals surface area contributed by atoms with Crippen LogP contribution in [0.4, 0.5) is 0 Å². The van der Waals surface area contributed by atoms with Crippen molar-refractivity contribution < 1.29 is 8.84 Å². The van der Waals surface area contributed by atoms with E-state index >= 15 is 0 Å². The summed E-state index contributed by atoms with van der Waals surface area (Å²) in [5.41, 5.74) is 2.10. The van der Waals surface area contributed by atoms with Crippen LogP contribution in [0.3, 0.4) is 0 Å². The van der Waals surface area contributed by atoms with Gasteiger partial charge >= 0.3 is 0 Å². The zero-order valence-corrected chi connectivity index (χ0v) is 18.7. The molecule has 4 heteroatoms. The fraction of sp³-hybridized carbons (Fsp3) is 0.192. The summed E-state index contributed by atoms with van der Waals surface area (Å²) < 4.78 is 12.4. The lowest BCUT2D eigenvalue weighted by molar-refractivity contribution is 0.286. The average Bonchev–Trinajstić information content (AvgIpc) is 3.30. The molecule has 0 amide bonds. The van der Waals surface area contributed by atoms with Gasteiger partial charge in [-0.15, -0.1) is 0 Å². The molecule has 1 heterocycles. The van der Waals surface area contributed by atoms with Crippen molar-refractivity contribution in [2.75, 3.05) is 0 Å². The molecule has 0 saturated heterocycles. The predicted octanol–water partition coefficient (Wildman–Crippen LogP) is 5.42. The highest BCUT2D eigenvalue weighted by Gasteiger charge is 2.50.